The third kappa shape index (κ3) is 4.80. The molecular weight excluding hydrogens is 375 g/mol. The van der Waals surface area contributed by atoms with E-state index in [1.165, 1.54) is 6.07 Å². The predicted octanol–water partition coefficient (Wildman–Crippen LogP) is 5.44. The molecule has 1 aromatic carbocycles. The molecule has 0 bridgehead atoms. The third-order valence-electron chi connectivity index (χ3n) is 2.51. The van der Waals surface area contributed by atoms with E-state index >= 15 is 0 Å². The Morgan fingerprint density at radius 2 is 2.00 bits per heavy atom. The van der Waals surface area contributed by atoms with Crippen molar-refractivity contribution in [2.45, 2.75) is 30.8 Å². The monoisotopic (exact) mass is 387 g/mol. The van der Waals surface area contributed by atoms with Crippen LogP contribution >= 0.6 is 31.9 Å². The summed E-state index contributed by atoms with van der Waals surface area (Å²) < 4.78 is 37.8. The van der Waals surface area contributed by atoms with Crippen LogP contribution < -0.4 is 5.32 Å². The van der Waals surface area contributed by atoms with E-state index in [1.807, 2.05) is 0 Å². The first-order valence-electron chi connectivity index (χ1n) is 5.59. The number of hydrogen-bond acceptors (Lipinski definition) is 1. The van der Waals surface area contributed by atoms with Gasteiger partial charge < -0.3 is 5.32 Å². The highest BCUT2D eigenvalue weighted by atomic mass is 79.9. The maximum absolute atomic E-state index is 12.5. The number of alkyl halides is 4. The number of nitrogens with one attached hydrogen (secondary N) is 1. The minimum Gasteiger partial charge on any atom is -0.384 e. The molecule has 0 radical (unpaired) electrons. The van der Waals surface area contributed by atoms with E-state index in [0.717, 1.165) is 25.0 Å². The van der Waals surface area contributed by atoms with Crippen molar-refractivity contribution in [1.29, 1.82) is 0 Å². The number of benzene rings is 1. The first kappa shape index (κ1) is 15.8. The van der Waals surface area contributed by atoms with Gasteiger partial charge in [-0.3, -0.25) is 0 Å². The van der Waals surface area contributed by atoms with Crippen molar-refractivity contribution in [3.05, 3.63) is 28.2 Å². The molecule has 1 rings (SSSR count). The van der Waals surface area contributed by atoms with Crippen molar-refractivity contribution in [2.24, 2.45) is 0 Å². The molecule has 0 saturated carbocycles. The lowest BCUT2D eigenvalue weighted by atomic mass is 10.2. The molecular formula is C12H14Br2F3N. The zero-order valence-corrected chi connectivity index (χ0v) is 13.0. The molecule has 1 atom stereocenters. The van der Waals surface area contributed by atoms with Crippen molar-refractivity contribution >= 4 is 37.5 Å². The van der Waals surface area contributed by atoms with Gasteiger partial charge in [-0.15, -0.1) is 0 Å². The number of halogens is 5. The van der Waals surface area contributed by atoms with Crippen LogP contribution in [0.15, 0.2) is 22.7 Å². The Bertz CT molecular complexity index is 393. The second-order valence-corrected chi connectivity index (χ2v) is 6.06. The zero-order valence-electron chi connectivity index (χ0n) is 9.82. The first-order chi connectivity index (χ1) is 8.34. The van der Waals surface area contributed by atoms with Gasteiger partial charge >= 0.3 is 6.18 Å². The van der Waals surface area contributed by atoms with Crippen LogP contribution in [0.4, 0.5) is 18.9 Å². The molecule has 0 aliphatic rings. The SMILES string of the molecule is CCC(Br)CCNc1ccc(C(F)(F)F)cc1Br. The van der Waals surface area contributed by atoms with E-state index < -0.39 is 11.7 Å². The summed E-state index contributed by atoms with van der Waals surface area (Å²) in [5.41, 5.74) is 0.0330. The summed E-state index contributed by atoms with van der Waals surface area (Å²) in [6.45, 7) is 2.79. The van der Waals surface area contributed by atoms with E-state index in [-0.39, 0.29) is 0 Å². The molecule has 0 aromatic heterocycles. The van der Waals surface area contributed by atoms with Gasteiger partial charge in [-0.05, 0) is 47.0 Å². The number of rotatable bonds is 5. The van der Waals surface area contributed by atoms with Gasteiger partial charge in [-0.1, -0.05) is 22.9 Å². The van der Waals surface area contributed by atoms with E-state index in [2.05, 4.69) is 44.1 Å². The van der Waals surface area contributed by atoms with Crippen LogP contribution in [0, 0.1) is 0 Å². The molecule has 102 valence electrons. The third-order valence-corrected chi connectivity index (χ3v) is 4.27. The predicted molar refractivity (Wildman–Crippen MR) is 75.3 cm³/mol. The van der Waals surface area contributed by atoms with Crippen molar-refractivity contribution < 1.29 is 13.2 Å². The fourth-order valence-electron chi connectivity index (χ4n) is 1.40. The Labute approximate surface area is 121 Å². The van der Waals surface area contributed by atoms with Crippen molar-refractivity contribution in [2.75, 3.05) is 11.9 Å². The Kier molecular flexibility index (Phi) is 5.98. The summed E-state index contributed by atoms with van der Waals surface area (Å²) in [6.07, 6.45) is -2.36. The summed E-state index contributed by atoms with van der Waals surface area (Å²) in [5.74, 6) is 0. The van der Waals surface area contributed by atoms with Crippen LogP contribution in [0.3, 0.4) is 0 Å². The average Bonchev–Trinajstić information content (AvgIpc) is 2.29. The van der Waals surface area contributed by atoms with Gasteiger partial charge in [-0.2, -0.15) is 13.2 Å². The summed E-state index contributed by atoms with van der Waals surface area (Å²) in [7, 11) is 0. The highest BCUT2D eigenvalue weighted by Crippen LogP contribution is 2.33. The van der Waals surface area contributed by atoms with Gasteiger partial charge in [-0.25, -0.2) is 0 Å². The van der Waals surface area contributed by atoms with Crippen molar-refractivity contribution in [3.63, 3.8) is 0 Å². The fourth-order valence-corrected chi connectivity index (χ4v) is 2.15. The van der Waals surface area contributed by atoms with Crippen molar-refractivity contribution in [3.8, 4) is 0 Å². The van der Waals surface area contributed by atoms with Gasteiger partial charge in [0.05, 0.1) is 5.56 Å². The average molecular weight is 389 g/mol. The highest BCUT2D eigenvalue weighted by molar-refractivity contribution is 9.10. The lowest BCUT2D eigenvalue weighted by Gasteiger charge is -2.13. The largest absolute Gasteiger partial charge is 0.416 e. The molecule has 18 heavy (non-hydrogen) atoms. The Morgan fingerprint density at radius 3 is 2.50 bits per heavy atom. The van der Waals surface area contributed by atoms with Crippen LogP contribution in [0.2, 0.25) is 0 Å². The van der Waals surface area contributed by atoms with E-state index in [4.69, 9.17) is 0 Å². The minimum absolute atomic E-state index is 0.429. The normalized spacial score (nSPS) is 13.4. The van der Waals surface area contributed by atoms with Gasteiger partial charge in [0.15, 0.2) is 0 Å². The standard InChI is InChI=1S/C12H14Br2F3N/c1-2-9(13)5-6-18-11-4-3-8(7-10(11)14)12(15,16)17/h3-4,7,9,18H,2,5-6H2,1H3. The molecule has 0 aliphatic carbocycles. The molecule has 0 fully saturated rings. The molecule has 0 spiro atoms. The number of anilines is 1. The molecule has 1 unspecified atom stereocenters. The summed E-state index contributed by atoms with van der Waals surface area (Å²) in [4.78, 5) is 0.429. The van der Waals surface area contributed by atoms with Gasteiger partial charge in [0, 0.05) is 21.5 Å². The molecule has 0 aliphatic heterocycles. The first-order valence-corrected chi connectivity index (χ1v) is 7.30. The number of hydrogen-bond donors (Lipinski definition) is 1. The van der Waals surface area contributed by atoms with Crippen molar-refractivity contribution in [1.82, 2.24) is 0 Å². The van der Waals surface area contributed by atoms with Crippen LogP contribution in [-0.4, -0.2) is 11.4 Å². The van der Waals surface area contributed by atoms with E-state index in [0.29, 0.717) is 21.5 Å². The lowest BCUT2D eigenvalue weighted by Crippen LogP contribution is -2.09. The second-order valence-electron chi connectivity index (χ2n) is 3.91. The van der Waals surface area contributed by atoms with Gasteiger partial charge in [0.1, 0.15) is 0 Å². The quantitative estimate of drug-likeness (QED) is 0.662. The van der Waals surface area contributed by atoms with E-state index in [1.54, 1.807) is 0 Å². The smallest absolute Gasteiger partial charge is 0.384 e. The molecule has 1 nitrogen and oxygen atoms in total. The molecule has 0 saturated heterocycles. The maximum atomic E-state index is 12.5. The fraction of sp³-hybridized carbons (Fsp3) is 0.500. The highest BCUT2D eigenvalue weighted by Gasteiger charge is 2.30. The molecule has 0 amide bonds. The van der Waals surface area contributed by atoms with Gasteiger partial charge in [0.2, 0.25) is 0 Å². The van der Waals surface area contributed by atoms with Crippen LogP contribution in [0.5, 0.6) is 0 Å². The Morgan fingerprint density at radius 1 is 1.33 bits per heavy atom. The molecule has 1 N–H and O–H groups in total. The molecule has 0 heterocycles. The zero-order chi connectivity index (χ0) is 13.8. The molecule has 6 heteroatoms. The Balaban J connectivity index is 2.63. The second kappa shape index (κ2) is 6.80. The topological polar surface area (TPSA) is 12.0 Å². The summed E-state index contributed by atoms with van der Waals surface area (Å²) in [5, 5.41) is 3.11. The van der Waals surface area contributed by atoms with Gasteiger partial charge in [0.25, 0.3) is 0 Å². The van der Waals surface area contributed by atoms with E-state index in [9.17, 15) is 13.2 Å². The van der Waals surface area contributed by atoms with Crippen LogP contribution in [-0.2, 0) is 6.18 Å². The minimum atomic E-state index is -4.30. The summed E-state index contributed by atoms with van der Waals surface area (Å²) in [6, 6.07) is 3.62. The van der Waals surface area contributed by atoms with Crippen LogP contribution in [0.25, 0.3) is 0 Å². The maximum Gasteiger partial charge on any atom is 0.416 e. The summed E-state index contributed by atoms with van der Waals surface area (Å²) >= 11 is 6.66. The van der Waals surface area contributed by atoms with Crippen LogP contribution in [0.1, 0.15) is 25.3 Å². The Hall–Kier alpha value is -0.230. The molecule has 1 aromatic rings. The lowest BCUT2D eigenvalue weighted by molar-refractivity contribution is -0.137.